The predicted octanol–water partition coefficient (Wildman–Crippen LogP) is 4.99. The van der Waals surface area contributed by atoms with Crippen LogP contribution in [0.2, 0.25) is 0 Å². The van der Waals surface area contributed by atoms with Crippen LogP contribution in [-0.2, 0) is 9.36 Å². The van der Waals surface area contributed by atoms with Crippen LogP contribution in [0.25, 0.3) is 0 Å². The summed E-state index contributed by atoms with van der Waals surface area (Å²) in [7, 11) is -3.30. The second-order valence-corrected chi connectivity index (χ2v) is 9.06. The van der Waals surface area contributed by atoms with Gasteiger partial charge in [0.25, 0.3) is 0 Å². The minimum absolute atomic E-state index is 0.111. The van der Waals surface area contributed by atoms with Gasteiger partial charge in [0.1, 0.15) is 0 Å². The van der Waals surface area contributed by atoms with Crippen LogP contribution in [0, 0.1) is 11.8 Å². The molecular formula is C21H27O2P. The Morgan fingerprint density at radius 3 is 1.75 bits per heavy atom. The maximum Gasteiger partial charge on any atom is 0.205 e. The van der Waals surface area contributed by atoms with Crippen LogP contribution >= 0.6 is 7.14 Å². The lowest BCUT2D eigenvalue weighted by molar-refractivity contribution is -0.116. The minimum Gasteiger partial charge on any atom is -0.306 e. The summed E-state index contributed by atoms with van der Waals surface area (Å²) in [4.78, 5) is 13.4. The first kappa shape index (κ1) is 18.7. The van der Waals surface area contributed by atoms with Crippen molar-refractivity contribution < 1.29 is 9.36 Å². The average molecular weight is 342 g/mol. The van der Waals surface area contributed by atoms with Crippen LogP contribution in [0.1, 0.15) is 40.0 Å². The molecule has 3 heteroatoms. The Labute approximate surface area is 145 Å². The van der Waals surface area contributed by atoms with E-state index in [4.69, 9.17) is 0 Å². The van der Waals surface area contributed by atoms with Crippen LogP contribution in [0.4, 0.5) is 0 Å². The molecule has 2 rings (SSSR count). The maximum atomic E-state index is 14.0. The molecule has 0 aromatic heterocycles. The van der Waals surface area contributed by atoms with Crippen LogP contribution in [0.3, 0.4) is 0 Å². The fourth-order valence-corrected chi connectivity index (χ4v) is 6.12. The topological polar surface area (TPSA) is 34.1 Å². The van der Waals surface area contributed by atoms with Crippen molar-refractivity contribution in [2.75, 3.05) is 0 Å². The van der Waals surface area contributed by atoms with Gasteiger partial charge in [0.2, 0.25) is 12.7 Å². The molecule has 0 saturated carbocycles. The Morgan fingerprint density at radius 2 is 1.38 bits per heavy atom. The first-order valence-corrected chi connectivity index (χ1v) is 10.5. The Bertz CT molecular complexity index is 651. The third kappa shape index (κ3) is 3.70. The van der Waals surface area contributed by atoms with Crippen LogP contribution in [0.5, 0.6) is 0 Å². The third-order valence-corrected chi connectivity index (χ3v) is 7.91. The molecule has 0 bridgehead atoms. The molecule has 2 aromatic carbocycles. The van der Waals surface area contributed by atoms with Crippen molar-refractivity contribution in [3.05, 3.63) is 60.7 Å². The molecule has 24 heavy (non-hydrogen) atoms. The van der Waals surface area contributed by atoms with E-state index < -0.39 is 7.14 Å². The first-order valence-electron chi connectivity index (χ1n) is 8.81. The molecule has 0 saturated heterocycles. The SMILES string of the molecule is CCCC(CC)C(C)C(=O)P(=O)(c1ccccc1)c1ccccc1. The number of hydrogen-bond donors (Lipinski definition) is 0. The highest BCUT2D eigenvalue weighted by molar-refractivity contribution is 7.93. The second-order valence-electron chi connectivity index (χ2n) is 6.36. The number of hydrogen-bond acceptors (Lipinski definition) is 2. The summed E-state index contributed by atoms with van der Waals surface area (Å²) in [5, 5.41) is 1.28. The van der Waals surface area contributed by atoms with E-state index in [9.17, 15) is 9.36 Å². The van der Waals surface area contributed by atoms with Crippen LogP contribution in [-0.4, -0.2) is 5.52 Å². The molecule has 0 spiro atoms. The largest absolute Gasteiger partial charge is 0.306 e. The van der Waals surface area contributed by atoms with Gasteiger partial charge in [-0.15, -0.1) is 0 Å². The molecule has 2 aromatic rings. The summed E-state index contributed by atoms with van der Waals surface area (Å²) in [6, 6.07) is 18.5. The summed E-state index contributed by atoms with van der Waals surface area (Å²) < 4.78 is 14.0. The van der Waals surface area contributed by atoms with E-state index in [-0.39, 0.29) is 17.4 Å². The Balaban J connectivity index is 2.52. The predicted molar refractivity (Wildman–Crippen MR) is 103 cm³/mol. The fourth-order valence-electron chi connectivity index (χ4n) is 3.35. The number of benzene rings is 2. The Morgan fingerprint density at radius 1 is 0.917 bits per heavy atom. The zero-order valence-electron chi connectivity index (χ0n) is 14.8. The first-order chi connectivity index (χ1) is 11.6. The van der Waals surface area contributed by atoms with Gasteiger partial charge in [-0.2, -0.15) is 0 Å². The quantitative estimate of drug-likeness (QED) is 0.633. The lowest BCUT2D eigenvalue weighted by Crippen LogP contribution is -2.29. The van der Waals surface area contributed by atoms with Gasteiger partial charge < -0.3 is 4.57 Å². The van der Waals surface area contributed by atoms with E-state index in [0.717, 1.165) is 19.3 Å². The van der Waals surface area contributed by atoms with Crippen LogP contribution in [0.15, 0.2) is 60.7 Å². The van der Waals surface area contributed by atoms with Gasteiger partial charge in [-0.1, -0.05) is 101 Å². The molecule has 0 heterocycles. The molecule has 2 atom stereocenters. The van der Waals surface area contributed by atoms with Crippen molar-refractivity contribution in [3.8, 4) is 0 Å². The zero-order chi connectivity index (χ0) is 17.6. The molecule has 0 aliphatic carbocycles. The van der Waals surface area contributed by atoms with Gasteiger partial charge in [-0.05, 0) is 5.92 Å². The molecule has 0 radical (unpaired) electrons. The van der Waals surface area contributed by atoms with Crippen molar-refractivity contribution in [2.24, 2.45) is 11.8 Å². The van der Waals surface area contributed by atoms with Crippen molar-refractivity contribution in [3.63, 3.8) is 0 Å². The van der Waals surface area contributed by atoms with Crippen molar-refractivity contribution in [1.82, 2.24) is 0 Å². The molecule has 128 valence electrons. The standard InChI is InChI=1S/C21H27O2P/c1-4-12-18(5-2)17(3)21(22)24(23,19-13-8-6-9-14-19)20-15-10-7-11-16-20/h6-11,13-18H,4-5,12H2,1-3H3. The number of carbonyl (C=O) groups excluding carboxylic acids is 1. The number of carbonyl (C=O) groups is 1. The number of rotatable bonds is 8. The maximum absolute atomic E-state index is 14.0. The highest BCUT2D eigenvalue weighted by atomic mass is 31.2. The van der Waals surface area contributed by atoms with E-state index in [1.165, 1.54) is 0 Å². The third-order valence-electron chi connectivity index (χ3n) is 4.83. The summed E-state index contributed by atoms with van der Waals surface area (Å²) in [5.74, 6) is 0.0736. The smallest absolute Gasteiger partial charge is 0.205 e. The molecule has 0 fully saturated rings. The van der Waals surface area contributed by atoms with Crippen molar-refractivity contribution in [2.45, 2.75) is 40.0 Å². The van der Waals surface area contributed by atoms with E-state index in [2.05, 4.69) is 13.8 Å². The molecule has 0 amide bonds. The highest BCUT2D eigenvalue weighted by Crippen LogP contribution is 2.48. The minimum atomic E-state index is -3.30. The average Bonchev–Trinajstić information content (AvgIpc) is 2.65. The summed E-state index contributed by atoms with van der Waals surface area (Å²) >= 11 is 0. The van der Waals surface area contributed by atoms with Gasteiger partial charge in [0.15, 0.2) is 0 Å². The van der Waals surface area contributed by atoms with Gasteiger partial charge in [-0.25, -0.2) is 0 Å². The van der Waals surface area contributed by atoms with Gasteiger partial charge in [0.05, 0.1) is 0 Å². The van der Waals surface area contributed by atoms with E-state index in [1.54, 1.807) is 0 Å². The molecular weight excluding hydrogens is 315 g/mol. The zero-order valence-corrected chi connectivity index (χ0v) is 15.7. The molecule has 0 aliphatic heterocycles. The normalized spacial score (nSPS) is 14.1. The van der Waals surface area contributed by atoms with E-state index in [0.29, 0.717) is 10.6 Å². The Kier molecular flexibility index (Phi) is 6.57. The molecule has 0 N–H and O–H groups in total. The van der Waals surface area contributed by atoms with Crippen molar-refractivity contribution in [1.29, 1.82) is 0 Å². The molecule has 2 nitrogen and oxygen atoms in total. The van der Waals surface area contributed by atoms with Crippen LogP contribution < -0.4 is 10.6 Å². The van der Waals surface area contributed by atoms with E-state index in [1.807, 2.05) is 67.6 Å². The Hall–Kier alpha value is -1.66. The fraction of sp³-hybridized carbons (Fsp3) is 0.381. The second kappa shape index (κ2) is 8.44. The lowest BCUT2D eigenvalue weighted by atomic mass is 9.89. The summed E-state index contributed by atoms with van der Waals surface area (Å²) in [5.41, 5.74) is -0.111. The molecule has 0 aliphatic rings. The summed E-state index contributed by atoms with van der Waals surface area (Å²) in [6.07, 6.45) is 2.97. The van der Waals surface area contributed by atoms with Gasteiger partial charge >= 0.3 is 0 Å². The van der Waals surface area contributed by atoms with Crippen molar-refractivity contribution >= 4 is 23.3 Å². The van der Waals surface area contributed by atoms with Gasteiger partial charge in [-0.3, -0.25) is 4.79 Å². The van der Waals surface area contributed by atoms with E-state index >= 15 is 0 Å². The monoisotopic (exact) mass is 342 g/mol. The molecule has 2 unspecified atom stereocenters. The summed E-state index contributed by atoms with van der Waals surface area (Å²) in [6.45, 7) is 6.19. The lowest BCUT2D eigenvalue weighted by Gasteiger charge is -2.26. The highest BCUT2D eigenvalue weighted by Gasteiger charge is 2.40. The van der Waals surface area contributed by atoms with Gasteiger partial charge in [0, 0.05) is 16.5 Å².